The third kappa shape index (κ3) is 4.56. The Labute approximate surface area is 171 Å². The number of β-amino-alcohol motifs (C(OH)–C–C–N with tert-alkyl or cyclic N) is 1. The normalized spacial score (nSPS) is 22.3. The van der Waals surface area contributed by atoms with Gasteiger partial charge in [0, 0.05) is 25.1 Å². The fourth-order valence-electron chi connectivity index (χ4n) is 4.96. The van der Waals surface area contributed by atoms with E-state index in [0.717, 1.165) is 68.2 Å². The highest BCUT2D eigenvalue weighted by Crippen LogP contribution is 2.40. The Bertz CT molecular complexity index is 802. The van der Waals surface area contributed by atoms with Crippen LogP contribution in [0.5, 0.6) is 0 Å². The molecular formula is C22H31N3O4. The number of aliphatic hydroxyl groups is 1. The van der Waals surface area contributed by atoms with E-state index in [-0.39, 0.29) is 11.3 Å². The number of hydrogen-bond donors (Lipinski definition) is 1. The lowest BCUT2D eigenvalue weighted by molar-refractivity contribution is -0.140. The Kier molecular flexibility index (Phi) is 5.79. The lowest BCUT2D eigenvalue weighted by Crippen LogP contribution is -2.55. The summed E-state index contributed by atoms with van der Waals surface area (Å²) < 4.78 is 10.7. The molecule has 2 fully saturated rings. The molecule has 2 aromatic heterocycles. The van der Waals surface area contributed by atoms with Crippen LogP contribution in [0.4, 0.5) is 0 Å². The number of aliphatic hydroxyl groups excluding tert-OH is 1. The molecule has 4 heterocycles. The van der Waals surface area contributed by atoms with Crippen molar-refractivity contribution in [1.29, 1.82) is 0 Å². The summed E-state index contributed by atoms with van der Waals surface area (Å²) in [4.78, 5) is 17.2. The maximum atomic E-state index is 12.9. The van der Waals surface area contributed by atoms with Gasteiger partial charge >= 0.3 is 0 Å². The van der Waals surface area contributed by atoms with E-state index >= 15 is 0 Å². The van der Waals surface area contributed by atoms with Gasteiger partial charge < -0.3 is 18.9 Å². The van der Waals surface area contributed by atoms with Crippen LogP contribution in [-0.4, -0.2) is 58.3 Å². The van der Waals surface area contributed by atoms with E-state index in [2.05, 4.69) is 10.1 Å². The highest BCUT2D eigenvalue weighted by Gasteiger charge is 2.42. The first-order valence-electron chi connectivity index (χ1n) is 10.6. The van der Waals surface area contributed by atoms with Gasteiger partial charge in [0.1, 0.15) is 11.5 Å². The first kappa shape index (κ1) is 20.2. The van der Waals surface area contributed by atoms with Gasteiger partial charge in [0.25, 0.3) is 0 Å². The number of aromatic nitrogens is 1. The molecule has 0 saturated carbocycles. The van der Waals surface area contributed by atoms with Crippen molar-refractivity contribution in [2.24, 2.45) is 5.41 Å². The minimum atomic E-state index is -0.441. The summed E-state index contributed by atoms with van der Waals surface area (Å²) in [7, 11) is 0. The van der Waals surface area contributed by atoms with Crippen molar-refractivity contribution in [2.75, 3.05) is 26.2 Å². The summed E-state index contributed by atoms with van der Waals surface area (Å²) in [6.07, 6.45) is 5.12. The molecule has 0 bridgehead atoms. The van der Waals surface area contributed by atoms with Crippen molar-refractivity contribution in [3.05, 3.63) is 41.2 Å². The molecule has 0 radical (unpaired) electrons. The van der Waals surface area contributed by atoms with Gasteiger partial charge in [-0.15, -0.1) is 0 Å². The van der Waals surface area contributed by atoms with Crippen molar-refractivity contribution in [3.63, 3.8) is 0 Å². The molecule has 29 heavy (non-hydrogen) atoms. The average molecular weight is 402 g/mol. The third-order valence-electron chi connectivity index (χ3n) is 6.63. The summed E-state index contributed by atoms with van der Waals surface area (Å²) in [6, 6.07) is 3.93. The zero-order valence-electron chi connectivity index (χ0n) is 17.4. The topological polar surface area (TPSA) is 83.0 Å². The van der Waals surface area contributed by atoms with Gasteiger partial charge in [0.05, 0.1) is 24.6 Å². The van der Waals surface area contributed by atoms with Crippen LogP contribution in [0.15, 0.2) is 27.3 Å². The number of furan rings is 1. The maximum absolute atomic E-state index is 12.9. The molecule has 1 unspecified atom stereocenters. The molecule has 1 amide bonds. The van der Waals surface area contributed by atoms with Crippen LogP contribution in [0, 0.1) is 19.3 Å². The van der Waals surface area contributed by atoms with Crippen molar-refractivity contribution in [3.8, 4) is 0 Å². The number of rotatable bonds is 5. The molecule has 1 atom stereocenters. The van der Waals surface area contributed by atoms with Crippen molar-refractivity contribution < 1.29 is 18.8 Å². The quantitative estimate of drug-likeness (QED) is 0.829. The second-order valence-electron chi connectivity index (χ2n) is 8.79. The van der Waals surface area contributed by atoms with Crippen molar-refractivity contribution >= 4 is 5.91 Å². The number of amides is 1. The highest BCUT2D eigenvalue weighted by atomic mass is 16.5. The van der Waals surface area contributed by atoms with Crippen LogP contribution in [0.25, 0.3) is 0 Å². The molecule has 2 saturated heterocycles. The largest absolute Gasteiger partial charge is 0.468 e. The van der Waals surface area contributed by atoms with Crippen molar-refractivity contribution in [2.45, 2.75) is 58.6 Å². The third-order valence-corrected chi connectivity index (χ3v) is 6.63. The standard InChI is InChI=1S/C22H31N3O4/c1-16-20(17(2)29-23-16)5-6-21(27)25-13-18(26)12-22(15-25)7-9-24(10-8-22)14-19-4-3-11-28-19/h3-4,11,18,26H,5-10,12-15H2,1-2H3. The molecular weight excluding hydrogens is 370 g/mol. The van der Waals surface area contributed by atoms with Crippen molar-refractivity contribution in [1.82, 2.24) is 15.0 Å². The first-order chi connectivity index (χ1) is 13.9. The van der Waals surface area contributed by atoms with Crippen LogP contribution >= 0.6 is 0 Å². The molecule has 158 valence electrons. The Hall–Kier alpha value is -2.12. The lowest BCUT2D eigenvalue weighted by Gasteiger charge is -2.49. The van der Waals surface area contributed by atoms with E-state index in [9.17, 15) is 9.90 Å². The Morgan fingerprint density at radius 3 is 2.79 bits per heavy atom. The molecule has 0 aromatic carbocycles. The molecule has 1 spiro atoms. The van der Waals surface area contributed by atoms with Crippen LogP contribution in [0.1, 0.15) is 48.5 Å². The Morgan fingerprint density at radius 2 is 2.14 bits per heavy atom. The molecule has 2 aliphatic rings. The van der Waals surface area contributed by atoms with Gasteiger partial charge in [0.15, 0.2) is 0 Å². The average Bonchev–Trinajstić information content (AvgIpc) is 3.31. The Balaban J connectivity index is 1.33. The number of likely N-dealkylation sites (tertiary alicyclic amines) is 2. The number of nitrogens with zero attached hydrogens (tertiary/aromatic N) is 3. The van der Waals surface area contributed by atoms with Gasteiger partial charge in [-0.3, -0.25) is 9.69 Å². The minimum absolute atomic E-state index is 0.0238. The fraction of sp³-hybridized carbons (Fsp3) is 0.636. The zero-order valence-corrected chi connectivity index (χ0v) is 17.4. The summed E-state index contributed by atoms with van der Waals surface area (Å²) in [5, 5.41) is 14.5. The zero-order chi connectivity index (χ0) is 20.4. The predicted molar refractivity (Wildman–Crippen MR) is 107 cm³/mol. The maximum Gasteiger partial charge on any atom is 0.223 e. The SMILES string of the molecule is Cc1noc(C)c1CCC(=O)N1CC(O)CC2(CCN(Cc3ccco3)CC2)C1. The monoisotopic (exact) mass is 401 g/mol. The van der Waals surface area contributed by atoms with E-state index < -0.39 is 6.10 Å². The number of carbonyl (C=O) groups excluding carboxylic acids is 1. The molecule has 0 aliphatic carbocycles. The van der Waals surface area contributed by atoms with E-state index in [1.165, 1.54) is 0 Å². The molecule has 7 heteroatoms. The summed E-state index contributed by atoms with van der Waals surface area (Å²) >= 11 is 0. The minimum Gasteiger partial charge on any atom is -0.468 e. The number of carbonyl (C=O) groups is 1. The smallest absolute Gasteiger partial charge is 0.223 e. The van der Waals surface area contributed by atoms with Crippen LogP contribution in [0.2, 0.25) is 0 Å². The van der Waals surface area contributed by atoms with E-state index in [1.807, 2.05) is 30.9 Å². The number of piperidine rings is 2. The van der Waals surface area contributed by atoms with Gasteiger partial charge in [-0.2, -0.15) is 0 Å². The molecule has 4 rings (SSSR count). The second-order valence-corrected chi connectivity index (χ2v) is 8.79. The Morgan fingerprint density at radius 1 is 1.34 bits per heavy atom. The molecule has 1 N–H and O–H groups in total. The van der Waals surface area contributed by atoms with E-state index in [4.69, 9.17) is 8.94 Å². The van der Waals surface area contributed by atoms with Gasteiger partial charge in [0.2, 0.25) is 5.91 Å². The summed E-state index contributed by atoms with van der Waals surface area (Å²) in [5.41, 5.74) is 1.90. The molecule has 2 aromatic rings. The summed E-state index contributed by atoms with van der Waals surface area (Å²) in [6.45, 7) is 7.74. The first-order valence-corrected chi connectivity index (χ1v) is 10.6. The molecule has 7 nitrogen and oxygen atoms in total. The summed E-state index contributed by atoms with van der Waals surface area (Å²) in [5.74, 6) is 1.89. The van der Waals surface area contributed by atoms with E-state index in [1.54, 1.807) is 6.26 Å². The molecule has 2 aliphatic heterocycles. The van der Waals surface area contributed by atoms with Crippen LogP contribution in [-0.2, 0) is 17.8 Å². The van der Waals surface area contributed by atoms with E-state index in [0.29, 0.717) is 19.4 Å². The number of aryl methyl sites for hydroxylation is 2. The lowest BCUT2D eigenvalue weighted by atomic mass is 9.71. The van der Waals surface area contributed by atoms with Gasteiger partial charge in [-0.05, 0) is 70.2 Å². The predicted octanol–water partition coefficient (Wildman–Crippen LogP) is 2.69. The second kappa shape index (κ2) is 8.32. The van der Waals surface area contributed by atoms with Crippen LogP contribution < -0.4 is 0 Å². The van der Waals surface area contributed by atoms with Gasteiger partial charge in [-0.1, -0.05) is 5.16 Å². The fourth-order valence-corrected chi connectivity index (χ4v) is 4.96. The number of hydrogen-bond acceptors (Lipinski definition) is 6. The highest BCUT2D eigenvalue weighted by molar-refractivity contribution is 5.76. The van der Waals surface area contributed by atoms with Gasteiger partial charge in [-0.25, -0.2) is 0 Å². The van der Waals surface area contributed by atoms with Crippen LogP contribution in [0.3, 0.4) is 0 Å².